The quantitative estimate of drug-likeness (QED) is 0.293. The van der Waals surface area contributed by atoms with E-state index in [1.807, 2.05) is 0 Å². The van der Waals surface area contributed by atoms with Crippen LogP contribution in [0.4, 0.5) is 5.69 Å². The van der Waals surface area contributed by atoms with E-state index in [-0.39, 0.29) is 0 Å². The second-order valence-electron chi connectivity index (χ2n) is 2.47. The van der Waals surface area contributed by atoms with Gasteiger partial charge in [-0.1, -0.05) is 12.0 Å². The van der Waals surface area contributed by atoms with Crippen LogP contribution in [0.15, 0.2) is 24.3 Å². The standard InChI is InChI=1S/C10H10N2O2/c1-14-10(13)6-5-8-3-2-4-9(7-8)12-11/h2-4,7,12H,11H2,1H3. The van der Waals surface area contributed by atoms with Crippen LogP contribution < -0.4 is 11.3 Å². The Labute approximate surface area is 82.0 Å². The van der Waals surface area contributed by atoms with Crippen molar-refractivity contribution in [2.24, 2.45) is 5.84 Å². The molecule has 0 saturated carbocycles. The molecule has 0 aromatic heterocycles. The van der Waals surface area contributed by atoms with Gasteiger partial charge in [-0.25, -0.2) is 4.79 Å². The lowest BCUT2D eigenvalue weighted by atomic mass is 10.2. The van der Waals surface area contributed by atoms with Crippen molar-refractivity contribution in [2.75, 3.05) is 12.5 Å². The van der Waals surface area contributed by atoms with E-state index >= 15 is 0 Å². The molecule has 0 fully saturated rings. The molecule has 0 atom stereocenters. The van der Waals surface area contributed by atoms with Gasteiger partial charge in [0.05, 0.1) is 7.11 Å². The molecular weight excluding hydrogens is 180 g/mol. The number of methoxy groups -OCH3 is 1. The van der Waals surface area contributed by atoms with Crippen LogP contribution in [0, 0.1) is 11.8 Å². The molecule has 1 rings (SSSR count). The van der Waals surface area contributed by atoms with Crippen LogP contribution in [0.2, 0.25) is 0 Å². The number of rotatable bonds is 1. The number of carbonyl (C=O) groups is 1. The Morgan fingerprint density at radius 3 is 3.00 bits per heavy atom. The van der Waals surface area contributed by atoms with Gasteiger partial charge in [-0.15, -0.1) is 0 Å². The number of hydrogen-bond donors (Lipinski definition) is 2. The molecule has 0 aliphatic heterocycles. The molecule has 0 radical (unpaired) electrons. The van der Waals surface area contributed by atoms with E-state index in [1.165, 1.54) is 7.11 Å². The summed E-state index contributed by atoms with van der Waals surface area (Å²) in [5.41, 5.74) is 3.92. The lowest BCUT2D eigenvalue weighted by Gasteiger charge is -1.98. The molecule has 3 N–H and O–H groups in total. The normalized spacial score (nSPS) is 8.43. The van der Waals surface area contributed by atoms with Crippen molar-refractivity contribution in [3.63, 3.8) is 0 Å². The minimum Gasteiger partial charge on any atom is -0.459 e. The molecule has 0 saturated heterocycles. The van der Waals surface area contributed by atoms with Gasteiger partial charge >= 0.3 is 5.97 Å². The molecule has 4 heteroatoms. The molecule has 1 aromatic carbocycles. The van der Waals surface area contributed by atoms with Gasteiger partial charge in [0.1, 0.15) is 0 Å². The number of esters is 1. The summed E-state index contributed by atoms with van der Waals surface area (Å²) in [4.78, 5) is 10.7. The molecule has 72 valence electrons. The summed E-state index contributed by atoms with van der Waals surface area (Å²) in [6.45, 7) is 0. The molecule has 0 spiro atoms. The number of benzene rings is 1. The first kappa shape index (κ1) is 10.1. The zero-order valence-corrected chi connectivity index (χ0v) is 7.70. The van der Waals surface area contributed by atoms with Crippen LogP contribution in [0.5, 0.6) is 0 Å². The summed E-state index contributed by atoms with van der Waals surface area (Å²) < 4.78 is 4.38. The molecule has 0 heterocycles. The number of nitrogens with one attached hydrogen (secondary N) is 1. The SMILES string of the molecule is COC(=O)C#Cc1cccc(NN)c1. The van der Waals surface area contributed by atoms with Gasteiger partial charge in [-0.3, -0.25) is 5.84 Å². The molecular formula is C10H10N2O2. The second kappa shape index (κ2) is 4.90. The Morgan fingerprint density at radius 1 is 1.57 bits per heavy atom. The van der Waals surface area contributed by atoms with Crippen LogP contribution in [0.25, 0.3) is 0 Å². The van der Waals surface area contributed by atoms with Crippen molar-refractivity contribution in [1.29, 1.82) is 0 Å². The van der Waals surface area contributed by atoms with Crippen LogP contribution in [-0.2, 0) is 9.53 Å². The molecule has 1 aromatic rings. The third-order valence-corrected chi connectivity index (χ3v) is 1.52. The first-order chi connectivity index (χ1) is 6.76. The van der Waals surface area contributed by atoms with Gasteiger partial charge in [0.25, 0.3) is 0 Å². The maximum Gasteiger partial charge on any atom is 0.384 e. The van der Waals surface area contributed by atoms with Gasteiger partial charge in [-0.05, 0) is 18.2 Å². The minimum atomic E-state index is -0.559. The molecule has 0 unspecified atom stereocenters. The molecule has 0 aliphatic carbocycles. The highest BCUT2D eigenvalue weighted by Gasteiger charge is 1.92. The summed E-state index contributed by atoms with van der Waals surface area (Å²) in [5, 5.41) is 0. The van der Waals surface area contributed by atoms with E-state index in [0.717, 1.165) is 5.69 Å². The maximum absolute atomic E-state index is 10.7. The Kier molecular flexibility index (Phi) is 3.53. The predicted octanol–water partition coefficient (Wildman–Crippen LogP) is 0.497. The van der Waals surface area contributed by atoms with Crippen LogP contribution >= 0.6 is 0 Å². The number of nitrogens with two attached hydrogens (primary N) is 1. The monoisotopic (exact) mass is 190 g/mol. The molecule has 0 bridgehead atoms. The number of nitrogen functional groups attached to an aromatic ring is 1. The number of hydrogen-bond acceptors (Lipinski definition) is 4. The third kappa shape index (κ3) is 2.81. The first-order valence-electron chi connectivity index (χ1n) is 3.93. The second-order valence-corrected chi connectivity index (χ2v) is 2.47. The molecule has 0 amide bonds. The third-order valence-electron chi connectivity index (χ3n) is 1.52. The zero-order chi connectivity index (χ0) is 10.4. The van der Waals surface area contributed by atoms with Crippen molar-refractivity contribution >= 4 is 11.7 Å². The minimum absolute atomic E-state index is 0.559. The van der Waals surface area contributed by atoms with Crippen molar-refractivity contribution < 1.29 is 9.53 Å². The molecule has 4 nitrogen and oxygen atoms in total. The van der Waals surface area contributed by atoms with Crippen LogP contribution in [-0.4, -0.2) is 13.1 Å². The fourth-order valence-electron chi connectivity index (χ4n) is 0.861. The van der Waals surface area contributed by atoms with Gasteiger partial charge < -0.3 is 10.2 Å². The van der Waals surface area contributed by atoms with E-state index in [9.17, 15) is 4.79 Å². The summed E-state index contributed by atoms with van der Waals surface area (Å²) in [6, 6.07) is 7.09. The summed E-state index contributed by atoms with van der Waals surface area (Å²) >= 11 is 0. The number of hydrazine groups is 1. The van der Waals surface area contributed by atoms with E-state index < -0.39 is 5.97 Å². The van der Waals surface area contributed by atoms with Gasteiger partial charge in [0.2, 0.25) is 0 Å². The van der Waals surface area contributed by atoms with E-state index in [2.05, 4.69) is 22.0 Å². The Balaban J connectivity index is 2.84. The van der Waals surface area contributed by atoms with Crippen molar-refractivity contribution in [1.82, 2.24) is 0 Å². The maximum atomic E-state index is 10.7. The first-order valence-corrected chi connectivity index (χ1v) is 3.93. The summed E-state index contributed by atoms with van der Waals surface area (Å²) in [5.74, 6) is 9.62. The highest BCUT2D eigenvalue weighted by atomic mass is 16.5. The average molecular weight is 190 g/mol. The van der Waals surface area contributed by atoms with Crippen LogP contribution in [0.1, 0.15) is 5.56 Å². The lowest BCUT2D eigenvalue weighted by molar-refractivity contribution is -0.133. The Hall–Kier alpha value is -1.99. The summed E-state index contributed by atoms with van der Waals surface area (Å²) in [7, 11) is 1.29. The van der Waals surface area contributed by atoms with E-state index in [1.54, 1.807) is 24.3 Å². The molecule has 14 heavy (non-hydrogen) atoms. The lowest BCUT2D eigenvalue weighted by Crippen LogP contribution is -2.06. The Morgan fingerprint density at radius 2 is 2.36 bits per heavy atom. The van der Waals surface area contributed by atoms with Gasteiger partial charge in [-0.2, -0.15) is 0 Å². The fraction of sp³-hybridized carbons (Fsp3) is 0.100. The smallest absolute Gasteiger partial charge is 0.384 e. The van der Waals surface area contributed by atoms with Crippen molar-refractivity contribution in [3.05, 3.63) is 29.8 Å². The highest BCUT2D eigenvalue weighted by Crippen LogP contribution is 2.07. The van der Waals surface area contributed by atoms with E-state index in [0.29, 0.717) is 5.56 Å². The fourth-order valence-corrected chi connectivity index (χ4v) is 0.861. The average Bonchev–Trinajstić information content (AvgIpc) is 2.26. The van der Waals surface area contributed by atoms with Crippen molar-refractivity contribution in [2.45, 2.75) is 0 Å². The highest BCUT2D eigenvalue weighted by molar-refractivity contribution is 5.89. The topological polar surface area (TPSA) is 64.3 Å². The zero-order valence-electron chi connectivity index (χ0n) is 7.70. The van der Waals surface area contributed by atoms with Crippen LogP contribution in [0.3, 0.4) is 0 Å². The van der Waals surface area contributed by atoms with E-state index in [4.69, 9.17) is 5.84 Å². The largest absolute Gasteiger partial charge is 0.459 e. The van der Waals surface area contributed by atoms with Gasteiger partial charge in [0.15, 0.2) is 0 Å². The molecule has 0 aliphatic rings. The predicted molar refractivity (Wildman–Crippen MR) is 53.1 cm³/mol. The summed E-state index contributed by atoms with van der Waals surface area (Å²) in [6.07, 6.45) is 0. The number of anilines is 1. The number of carbonyl (C=O) groups excluding carboxylic acids is 1. The number of ether oxygens (including phenoxy) is 1. The van der Waals surface area contributed by atoms with Crippen molar-refractivity contribution in [3.8, 4) is 11.8 Å². The van der Waals surface area contributed by atoms with Gasteiger partial charge in [0, 0.05) is 17.2 Å². The Bertz CT molecular complexity index is 391.